The molecule has 5 nitrogen and oxygen atoms in total. The van der Waals surface area contributed by atoms with E-state index in [4.69, 9.17) is 0 Å². The second-order valence-corrected chi connectivity index (χ2v) is 7.00. The summed E-state index contributed by atoms with van der Waals surface area (Å²) in [4.78, 5) is 13.2. The summed E-state index contributed by atoms with van der Waals surface area (Å²) in [5.74, 6) is 0.716. The average Bonchev–Trinajstić information content (AvgIpc) is 2.92. The van der Waals surface area contributed by atoms with Crippen LogP contribution in [-0.2, 0) is 0 Å². The summed E-state index contributed by atoms with van der Waals surface area (Å²) in [5, 5.41) is 15.3. The summed E-state index contributed by atoms with van der Waals surface area (Å²) in [6, 6.07) is 1.95. The topological polar surface area (TPSA) is 70.9 Å². The van der Waals surface area contributed by atoms with Gasteiger partial charge in [-0.1, -0.05) is 24.6 Å². The summed E-state index contributed by atoms with van der Waals surface area (Å²) < 4.78 is 0.858. The molecule has 2 heterocycles. The van der Waals surface area contributed by atoms with E-state index in [-0.39, 0.29) is 0 Å². The van der Waals surface area contributed by atoms with Crippen molar-refractivity contribution in [3.8, 4) is 0 Å². The van der Waals surface area contributed by atoms with E-state index in [1.165, 1.54) is 11.8 Å². The summed E-state index contributed by atoms with van der Waals surface area (Å²) in [5.41, 5.74) is 0.0603. The first-order valence-electron chi connectivity index (χ1n) is 6.93. The molecule has 0 amide bonds. The van der Waals surface area contributed by atoms with Gasteiger partial charge in [0.2, 0.25) is 0 Å². The molecule has 0 saturated heterocycles. The van der Waals surface area contributed by atoms with Gasteiger partial charge in [0.25, 0.3) is 0 Å². The van der Waals surface area contributed by atoms with Crippen LogP contribution in [0.15, 0.2) is 21.9 Å². The van der Waals surface area contributed by atoms with Crippen LogP contribution in [0, 0.1) is 0 Å². The van der Waals surface area contributed by atoms with E-state index >= 15 is 0 Å². The summed E-state index contributed by atoms with van der Waals surface area (Å²) in [6.07, 6.45) is 7.60. The Morgan fingerprint density at radius 1 is 1.38 bits per heavy atom. The van der Waals surface area contributed by atoms with Crippen LogP contribution in [0.3, 0.4) is 0 Å². The molecule has 1 fully saturated rings. The zero-order valence-corrected chi connectivity index (χ0v) is 14.2. The van der Waals surface area contributed by atoms with E-state index in [0.717, 1.165) is 35.5 Å². The fraction of sp³-hybridized carbons (Fsp3) is 0.500. The predicted molar refractivity (Wildman–Crippen MR) is 88.7 cm³/mol. The number of nitrogens with one attached hydrogen (secondary N) is 1. The lowest BCUT2D eigenvalue weighted by atomic mass is 10.0. The number of anilines is 1. The molecule has 0 radical (unpaired) electrons. The number of aliphatic hydroxyl groups is 1. The molecule has 0 atom stereocenters. The minimum atomic E-state index is -0.605. The maximum Gasteiger partial charge on any atom is 0.189 e. The molecule has 2 aromatic heterocycles. The molecular formula is C14H17BrN4OS. The maximum atomic E-state index is 10.4. The summed E-state index contributed by atoms with van der Waals surface area (Å²) >= 11 is 5.01. The third-order valence-electron chi connectivity index (χ3n) is 3.80. The Balaban J connectivity index is 1.85. The van der Waals surface area contributed by atoms with Gasteiger partial charge < -0.3 is 10.4 Å². The quantitative estimate of drug-likeness (QED) is 0.637. The third kappa shape index (κ3) is 3.30. The Morgan fingerprint density at radius 2 is 2.14 bits per heavy atom. The number of rotatable bonds is 4. The Labute approximate surface area is 136 Å². The number of aromatic nitrogens is 3. The second-order valence-electron chi connectivity index (χ2n) is 5.37. The third-order valence-corrected chi connectivity index (χ3v) is 4.97. The van der Waals surface area contributed by atoms with E-state index in [9.17, 15) is 5.11 Å². The summed E-state index contributed by atoms with van der Waals surface area (Å²) in [6.45, 7) is 0.518. The van der Waals surface area contributed by atoms with E-state index in [1.807, 2.05) is 12.3 Å². The van der Waals surface area contributed by atoms with Crippen molar-refractivity contribution in [3.63, 3.8) is 0 Å². The van der Waals surface area contributed by atoms with Gasteiger partial charge in [0, 0.05) is 18.1 Å². The predicted octanol–water partition coefficient (Wildman–Crippen LogP) is 3.23. The minimum absolute atomic E-state index is 0.518. The first-order valence-corrected chi connectivity index (χ1v) is 8.95. The van der Waals surface area contributed by atoms with Gasteiger partial charge in [0.05, 0.1) is 10.1 Å². The van der Waals surface area contributed by atoms with Crippen molar-refractivity contribution >= 4 is 44.5 Å². The van der Waals surface area contributed by atoms with Crippen molar-refractivity contribution < 1.29 is 5.11 Å². The molecule has 7 heteroatoms. The molecule has 21 heavy (non-hydrogen) atoms. The van der Waals surface area contributed by atoms with Crippen LogP contribution < -0.4 is 5.32 Å². The molecule has 1 aliphatic rings. The summed E-state index contributed by atoms with van der Waals surface area (Å²) in [7, 11) is 0. The Morgan fingerprint density at radius 3 is 2.86 bits per heavy atom. The zero-order valence-electron chi connectivity index (χ0n) is 11.8. The lowest BCUT2D eigenvalue weighted by Crippen LogP contribution is -2.33. The highest BCUT2D eigenvalue weighted by Gasteiger charge is 2.31. The van der Waals surface area contributed by atoms with Crippen molar-refractivity contribution in [1.82, 2.24) is 15.0 Å². The first-order chi connectivity index (χ1) is 10.1. The van der Waals surface area contributed by atoms with Crippen molar-refractivity contribution in [2.75, 3.05) is 18.1 Å². The van der Waals surface area contributed by atoms with Crippen molar-refractivity contribution in [2.24, 2.45) is 0 Å². The molecule has 2 N–H and O–H groups in total. The monoisotopic (exact) mass is 368 g/mol. The van der Waals surface area contributed by atoms with Crippen LogP contribution in [0.5, 0.6) is 0 Å². The Kier molecular flexibility index (Phi) is 4.33. The molecule has 0 aliphatic heterocycles. The van der Waals surface area contributed by atoms with E-state index in [0.29, 0.717) is 23.2 Å². The molecular weight excluding hydrogens is 352 g/mol. The molecule has 3 rings (SSSR count). The largest absolute Gasteiger partial charge is 0.388 e. The minimum Gasteiger partial charge on any atom is -0.388 e. The zero-order chi connectivity index (χ0) is 14.9. The molecule has 0 bridgehead atoms. The second kappa shape index (κ2) is 6.06. The van der Waals surface area contributed by atoms with Crippen LogP contribution in [0.2, 0.25) is 0 Å². The van der Waals surface area contributed by atoms with Gasteiger partial charge >= 0.3 is 0 Å². The normalized spacial score (nSPS) is 17.3. The van der Waals surface area contributed by atoms with Gasteiger partial charge in [0.1, 0.15) is 5.82 Å². The maximum absolute atomic E-state index is 10.4. The van der Waals surface area contributed by atoms with Gasteiger partial charge in [0.15, 0.2) is 10.8 Å². The number of nitrogens with zero attached hydrogens (tertiary/aromatic N) is 3. The molecule has 1 saturated carbocycles. The average molecular weight is 369 g/mol. The highest BCUT2D eigenvalue weighted by atomic mass is 79.9. The van der Waals surface area contributed by atoms with Crippen LogP contribution in [-0.4, -0.2) is 38.5 Å². The van der Waals surface area contributed by atoms with Crippen molar-refractivity contribution in [1.29, 1.82) is 0 Å². The Hall–Kier alpha value is -0.920. The smallest absolute Gasteiger partial charge is 0.189 e. The molecule has 1 aliphatic carbocycles. The molecule has 0 aromatic carbocycles. The number of thioether (sulfide) groups is 1. The van der Waals surface area contributed by atoms with E-state index in [1.54, 1.807) is 6.20 Å². The first kappa shape index (κ1) is 15.0. The standard InChI is InChI=1S/C14H17BrN4OS/c1-21-13-16-7-9-6-10(15)12(18-11(9)19-13)17-8-14(20)4-2-3-5-14/h6-7,20H,2-5,8H2,1H3,(H,16,17,18,19). The van der Waals surface area contributed by atoms with Crippen LogP contribution in [0.4, 0.5) is 5.82 Å². The van der Waals surface area contributed by atoms with Gasteiger partial charge in [-0.15, -0.1) is 0 Å². The van der Waals surface area contributed by atoms with E-state index < -0.39 is 5.60 Å². The fourth-order valence-electron chi connectivity index (χ4n) is 2.60. The van der Waals surface area contributed by atoms with Gasteiger partial charge in [-0.3, -0.25) is 0 Å². The van der Waals surface area contributed by atoms with Gasteiger partial charge in [-0.05, 0) is 41.1 Å². The number of pyridine rings is 1. The van der Waals surface area contributed by atoms with Crippen LogP contribution >= 0.6 is 27.7 Å². The molecule has 2 aromatic rings. The van der Waals surface area contributed by atoms with Gasteiger partial charge in [-0.2, -0.15) is 0 Å². The Bertz CT molecular complexity index is 661. The lowest BCUT2D eigenvalue weighted by molar-refractivity contribution is 0.0614. The van der Waals surface area contributed by atoms with Crippen LogP contribution in [0.1, 0.15) is 25.7 Å². The van der Waals surface area contributed by atoms with Crippen molar-refractivity contribution in [3.05, 3.63) is 16.7 Å². The number of halogens is 1. The molecule has 0 unspecified atom stereocenters. The number of fused-ring (bicyclic) bond motifs is 1. The SMILES string of the molecule is CSc1ncc2cc(Br)c(NCC3(O)CCCC3)nc2n1. The van der Waals surface area contributed by atoms with Crippen LogP contribution in [0.25, 0.3) is 11.0 Å². The fourth-order valence-corrected chi connectivity index (χ4v) is 3.41. The molecule has 0 spiro atoms. The highest BCUT2D eigenvalue weighted by Crippen LogP contribution is 2.31. The van der Waals surface area contributed by atoms with Gasteiger partial charge in [-0.25, -0.2) is 15.0 Å². The van der Waals surface area contributed by atoms with E-state index in [2.05, 4.69) is 36.2 Å². The molecule has 112 valence electrons. The highest BCUT2D eigenvalue weighted by molar-refractivity contribution is 9.10. The number of hydrogen-bond donors (Lipinski definition) is 2. The number of hydrogen-bond acceptors (Lipinski definition) is 6. The lowest BCUT2D eigenvalue weighted by Gasteiger charge is -2.23. The van der Waals surface area contributed by atoms with Crippen molar-refractivity contribution in [2.45, 2.75) is 36.4 Å².